The monoisotopic (exact) mass is 365 g/mol. The van der Waals surface area contributed by atoms with Crippen LogP contribution >= 0.6 is 0 Å². The van der Waals surface area contributed by atoms with Crippen LogP contribution in [0.4, 0.5) is 10.5 Å². The summed E-state index contributed by atoms with van der Waals surface area (Å²) in [5, 5.41) is 17.3. The quantitative estimate of drug-likeness (QED) is 0.640. The number of amides is 2. The van der Waals surface area contributed by atoms with Crippen molar-refractivity contribution < 1.29 is 4.79 Å². The Labute approximate surface area is 158 Å². The number of tetrazole rings is 1. The van der Waals surface area contributed by atoms with Gasteiger partial charge in [0.1, 0.15) is 0 Å². The maximum Gasteiger partial charge on any atom is 0.319 e. The molecule has 0 spiro atoms. The third-order valence-corrected chi connectivity index (χ3v) is 4.10. The van der Waals surface area contributed by atoms with Gasteiger partial charge in [0.15, 0.2) is 5.82 Å². The van der Waals surface area contributed by atoms with Crippen molar-refractivity contribution in [1.82, 2.24) is 30.5 Å². The van der Waals surface area contributed by atoms with E-state index in [0.717, 1.165) is 36.3 Å². The van der Waals surface area contributed by atoms with Crippen molar-refractivity contribution in [2.24, 2.45) is 0 Å². The van der Waals surface area contributed by atoms with E-state index in [1.54, 1.807) is 10.9 Å². The molecule has 3 rings (SSSR count). The lowest BCUT2D eigenvalue weighted by molar-refractivity contribution is 0.251. The third-order valence-electron chi connectivity index (χ3n) is 4.10. The summed E-state index contributed by atoms with van der Waals surface area (Å²) in [5.74, 6) is 0.639. The van der Waals surface area contributed by atoms with Crippen molar-refractivity contribution in [3.8, 4) is 0 Å². The first kappa shape index (κ1) is 18.5. The highest BCUT2D eigenvalue weighted by Crippen LogP contribution is 2.18. The number of hydrogen-bond acceptors (Lipinski definition) is 5. The van der Waals surface area contributed by atoms with Gasteiger partial charge in [0.05, 0.1) is 6.54 Å². The molecule has 2 N–H and O–H groups in total. The zero-order chi connectivity index (χ0) is 18.9. The van der Waals surface area contributed by atoms with Crippen LogP contribution in [0.25, 0.3) is 0 Å². The number of rotatable bonds is 8. The molecule has 2 aromatic heterocycles. The minimum absolute atomic E-state index is 0.269. The number of nitrogens with zero attached hydrogens (tertiary/aromatic N) is 5. The van der Waals surface area contributed by atoms with Gasteiger partial charge in [-0.3, -0.25) is 4.98 Å². The molecular formula is C19H23N7O. The average Bonchev–Trinajstić information content (AvgIpc) is 3.14. The lowest BCUT2D eigenvalue weighted by Gasteiger charge is -2.12. The van der Waals surface area contributed by atoms with Gasteiger partial charge in [-0.15, -0.1) is 5.10 Å². The van der Waals surface area contributed by atoms with E-state index in [4.69, 9.17) is 0 Å². The molecular weight excluding hydrogens is 342 g/mol. The Morgan fingerprint density at radius 2 is 2.00 bits per heavy atom. The van der Waals surface area contributed by atoms with Crippen molar-refractivity contribution in [3.63, 3.8) is 0 Å². The number of carbonyl (C=O) groups is 1. The summed E-state index contributed by atoms with van der Waals surface area (Å²) in [4.78, 5) is 16.7. The SMILES string of the molecule is CCCCn1nnnc1CNC(=O)Nc1ccccc1Cc1ccccn1. The number of hydrogen-bond donors (Lipinski definition) is 2. The minimum Gasteiger partial charge on any atom is -0.331 e. The fourth-order valence-corrected chi connectivity index (χ4v) is 2.65. The van der Waals surface area contributed by atoms with E-state index in [2.05, 4.69) is 38.1 Å². The number of anilines is 1. The largest absolute Gasteiger partial charge is 0.331 e. The lowest BCUT2D eigenvalue weighted by Crippen LogP contribution is -2.30. The number of aromatic nitrogens is 5. The average molecular weight is 365 g/mol. The van der Waals surface area contributed by atoms with Crippen molar-refractivity contribution in [2.75, 3.05) is 5.32 Å². The van der Waals surface area contributed by atoms with Crippen LogP contribution in [0.3, 0.4) is 0 Å². The summed E-state index contributed by atoms with van der Waals surface area (Å²) in [6.07, 6.45) is 4.46. The fraction of sp³-hybridized carbons (Fsp3) is 0.316. The maximum atomic E-state index is 12.3. The molecule has 8 nitrogen and oxygen atoms in total. The zero-order valence-electron chi connectivity index (χ0n) is 15.3. The molecule has 2 heterocycles. The highest BCUT2D eigenvalue weighted by Gasteiger charge is 2.10. The first-order valence-corrected chi connectivity index (χ1v) is 9.04. The predicted octanol–water partition coefficient (Wildman–Crippen LogP) is 2.78. The van der Waals surface area contributed by atoms with Crippen LogP contribution in [0.15, 0.2) is 48.7 Å². The molecule has 0 aliphatic rings. The number of unbranched alkanes of at least 4 members (excludes halogenated alkanes) is 1. The number of pyridine rings is 1. The Balaban J connectivity index is 1.59. The molecule has 27 heavy (non-hydrogen) atoms. The Kier molecular flexibility index (Phi) is 6.45. The van der Waals surface area contributed by atoms with Gasteiger partial charge in [-0.1, -0.05) is 37.6 Å². The van der Waals surface area contributed by atoms with Gasteiger partial charge >= 0.3 is 6.03 Å². The minimum atomic E-state index is -0.298. The molecule has 140 valence electrons. The summed E-state index contributed by atoms with van der Waals surface area (Å²) in [5.41, 5.74) is 2.70. The molecule has 0 fully saturated rings. The highest BCUT2D eigenvalue weighted by atomic mass is 16.2. The number of aryl methyl sites for hydroxylation is 1. The Hall–Kier alpha value is -3.29. The van der Waals surface area contributed by atoms with Gasteiger partial charge in [0, 0.05) is 30.5 Å². The molecule has 0 aliphatic heterocycles. The van der Waals surface area contributed by atoms with E-state index in [0.29, 0.717) is 12.2 Å². The van der Waals surface area contributed by atoms with Crippen LogP contribution in [0.5, 0.6) is 0 Å². The molecule has 3 aromatic rings. The van der Waals surface area contributed by atoms with E-state index in [1.165, 1.54) is 0 Å². The Morgan fingerprint density at radius 1 is 1.15 bits per heavy atom. The zero-order valence-corrected chi connectivity index (χ0v) is 15.3. The van der Waals surface area contributed by atoms with Gasteiger partial charge in [0.2, 0.25) is 0 Å². The Bertz CT molecular complexity index is 863. The molecule has 2 amide bonds. The number of urea groups is 1. The second kappa shape index (κ2) is 9.42. The lowest BCUT2D eigenvalue weighted by atomic mass is 10.1. The number of nitrogens with one attached hydrogen (secondary N) is 2. The van der Waals surface area contributed by atoms with Crippen molar-refractivity contribution in [1.29, 1.82) is 0 Å². The topological polar surface area (TPSA) is 97.6 Å². The number of carbonyl (C=O) groups excluding carboxylic acids is 1. The normalized spacial score (nSPS) is 10.6. The predicted molar refractivity (Wildman–Crippen MR) is 102 cm³/mol. The summed E-state index contributed by atoms with van der Waals surface area (Å²) < 4.78 is 1.72. The van der Waals surface area contributed by atoms with E-state index in [-0.39, 0.29) is 12.6 Å². The fourth-order valence-electron chi connectivity index (χ4n) is 2.65. The van der Waals surface area contributed by atoms with Crippen LogP contribution < -0.4 is 10.6 Å². The second-order valence-corrected chi connectivity index (χ2v) is 6.13. The summed E-state index contributed by atoms with van der Waals surface area (Å²) >= 11 is 0. The van der Waals surface area contributed by atoms with Crippen molar-refractivity contribution in [2.45, 2.75) is 39.3 Å². The second-order valence-electron chi connectivity index (χ2n) is 6.13. The summed E-state index contributed by atoms with van der Waals surface area (Å²) in [7, 11) is 0. The van der Waals surface area contributed by atoms with Gasteiger partial charge in [0.25, 0.3) is 0 Å². The summed E-state index contributed by atoms with van der Waals surface area (Å²) in [6, 6.07) is 13.2. The molecule has 0 radical (unpaired) electrons. The standard InChI is InChI=1S/C19H23N7O/c1-2-3-12-26-18(23-24-25-26)14-21-19(27)22-17-10-5-4-8-15(17)13-16-9-6-7-11-20-16/h4-11H,2-3,12-14H2,1H3,(H2,21,22,27). The first-order chi connectivity index (χ1) is 13.3. The molecule has 0 saturated carbocycles. The van der Waals surface area contributed by atoms with Gasteiger partial charge < -0.3 is 10.6 Å². The van der Waals surface area contributed by atoms with Gasteiger partial charge in [-0.25, -0.2) is 9.48 Å². The number of benzene rings is 1. The van der Waals surface area contributed by atoms with Crippen LogP contribution in [0.2, 0.25) is 0 Å². The molecule has 8 heteroatoms. The third kappa shape index (κ3) is 5.34. The molecule has 1 aromatic carbocycles. The van der Waals surface area contributed by atoms with Crippen molar-refractivity contribution >= 4 is 11.7 Å². The van der Waals surface area contributed by atoms with Gasteiger partial charge in [-0.05, 0) is 40.6 Å². The molecule has 0 saturated heterocycles. The number of para-hydroxylation sites is 1. The van der Waals surface area contributed by atoms with Crippen LogP contribution in [0.1, 0.15) is 36.8 Å². The van der Waals surface area contributed by atoms with Crippen molar-refractivity contribution in [3.05, 3.63) is 65.7 Å². The highest BCUT2D eigenvalue weighted by molar-refractivity contribution is 5.90. The van der Waals surface area contributed by atoms with E-state index in [1.807, 2.05) is 42.5 Å². The van der Waals surface area contributed by atoms with Crippen LogP contribution in [-0.4, -0.2) is 31.2 Å². The molecule has 0 aliphatic carbocycles. The summed E-state index contributed by atoms with van der Waals surface area (Å²) in [6.45, 7) is 3.12. The maximum absolute atomic E-state index is 12.3. The van der Waals surface area contributed by atoms with E-state index in [9.17, 15) is 4.79 Å². The molecule has 0 bridgehead atoms. The molecule has 0 atom stereocenters. The van der Waals surface area contributed by atoms with E-state index < -0.39 is 0 Å². The smallest absolute Gasteiger partial charge is 0.319 e. The van der Waals surface area contributed by atoms with Gasteiger partial charge in [-0.2, -0.15) is 0 Å². The van der Waals surface area contributed by atoms with E-state index >= 15 is 0 Å². The molecule has 0 unspecified atom stereocenters. The first-order valence-electron chi connectivity index (χ1n) is 9.04. The van der Waals surface area contributed by atoms with Crippen LogP contribution in [-0.2, 0) is 19.5 Å². The van der Waals surface area contributed by atoms with Crippen LogP contribution in [0, 0.1) is 0 Å². The Morgan fingerprint density at radius 3 is 2.81 bits per heavy atom.